The van der Waals surface area contributed by atoms with Crippen molar-refractivity contribution in [2.45, 2.75) is 26.4 Å². The monoisotopic (exact) mass is 275 g/mol. The fourth-order valence-electron chi connectivity index (χ4n) is 2.07. The molecule has 0 aliphatic heterocycles. The van der Waals surface area contributed by atoms with Crippen molar-refractivity contribution in [3.05, 3.63) is 36.4 Å². The summed E-state index contributed by atoms with van der Waals surface area (Å²) < 4.78 is 12.7. The van der Waals surface area contributed by atoms with Crippen LogP contribution < -0.4 is 14.8 Å². The lowest BCUT2D eigenvalue weighted by Gasteiger charge is -2.15. The molecule has 1 N–H and O–H groups in total. The number of methoxy groups -OCH3 is 2. The first-order valence-corrected chi connectivity index (χ1v) is 6.62. The van der Waals surface area contributed by atoms with Gasteiger partial charge in [-0.1, -0.05) is 0 Å². The third kappa shape index (κ3) is 3.04. The van der Waals surface area contributed by atoms with Crippen molar-refractivity contribution in [3.63, 3.8) is 0 Å². The van der Waals surface area contributed by atoms with Crippen LogP contribution in [0.5, 0.6) is 11.5 Å². The molecule has 0 atom stereocenters. The van der Waals surface area contributed by atoms with Gasteiger partial charge in [0.2, 0.25) is 0 Å². The van der Waals surface area contributed by atoms with Gasteiger partial charge in [-0.25, -0.2) is 4.98 Å². The number of hydrogen-bond acceptors (Lipinski definition) is 4. The first-order chi connectivity index (χ1) is 9.65. The average molecular weight is 275 g/mol. The highest BCUT2D eigenvalue weighted by molar-refractivity contribution is 5.59. The lowest BCUT2D eigenvalue weighted by molar-refractivity contribution is 0.404. The van der Waals surface area contributed by atoms with Crippen LogP contribution in [0.1, 0.15) is 25.6 Å². The second kappa shape index (κ2) is 6.32. The Hall–Kier alpha value is -2.17. The van der Waals surface area contributed by atoms with Gasteiger partial charge in [0, 0.05) is 18.3 Å². The second-order valence-corrected chi connectivity index (χ2v) is 4.81. The number of benzene rings is 1. The van der Waals surface area contributed by atoms with E-state index in [0.29, 0.717) is 12.6 Å². The van der Waals surface area contributed by atoms with Crippen molar-refractivity contribution in [2.24, 2.45) is 0 Å². The van der Waals surface area contributed by atoms with Crippen molar-refractivity contribution in [1.82, 2.24) is 9.55 Å². The Labute approximate surface area is 119 Å². The maximum Gasteiger partial charge on any atom is 0.142 e. The molecule has 0 saturated carbocycles. The van der Waals surface area contributed by atoms with Gasteiger partial charge < -0.3 is 19.4 Å². The fourth-order valence-corrected chi connectivity index (χ4v) is 2.07. The van der Waals surface area contributed by atoms with Crippen LogP contribution in [0.3, 0.4) is 0 Å². The smallest absolute Gasteiger partial charge is 0.142 e. The minimum absolute atomic E-state index is 0.390. The summed E-state index contributed by atoms with van der Waals surface area (Å²) in [4.78, 5) is 4.20. The standard InChI is InChI=1S/C15H21N3O2/c1-11(2)18-10-16-8-12(18)9-17-14-7-13(19-3)5-6-15(14)20-4/h5-8,10-11,17H,9H2,1-4H3. The van der Waals surface area contributed by atoms with E-state index in [0.717, 1.165) is 22.9 Å². The summed E-state index contributed by atoms with van der Waals surface area (Å²) in [7, 11) is 3.31. The zero-order valence-corrected chi connectivity index (χ0v) is 12.4. The highest BCUT2D eigenvalue weighted by Crippen LogP contribution is 2.29. The molecular weight excluding hydrogens is 254 g/mol. The van der Waals surface area contributed by atoms with E-state index in [1.807, 2.05) is 30.7 Å². The molecule has 5 nitrogen and oxygen atoms in total. The van der Waals surface area contributed by atoms with Crippen LogP contribution in [-0.2, 0) is 6.54 Å². The van der Waals surface area contributed by atoms with E-state index in [9.17, 15) is 0 Å². The number of hydrogen-bond donors (Lipinski definition) is 1. The summed E-state index contributed by atoms with van der Waals surface area (Å²) >= 11 is 0. The van der Waals surface area contributed by atoms with Gasteiger partial charge in [0.15, 0.2) is 0 Å². The Morgan fingerprint density at radius 1 is 1.25 bits per heavy atom. The maximum atomic E-state index is 5.35. The highest BCUT2D eigenvalue weighted by atomic mass is 16.5. The molecule has 1 aromatic carbocycles. The Morgan fingerprint density at radius 2 is 2.05 bits per heavy atom. The Bertz CT molecular complexity index is 564. The Morgan fingerprint density at radius 3 is 2.70 bits per heavy atom. The number of imidazole rings is 1. The fraction of sp³-hybridized carbons (Fsp3) is 0.400. The first kappa shape index (κ1) is 14.2. The summed E-state index contributed by atoms with van der Waals surface area (Å²) in [6.45, 7) is 4.95. The number of ether oxygens (including phenoxy) is 2. The molecule has 0 saturated heterocycles. The summed E-state index contributed by atoms with van der Waals surface area (Å²) in [6, 6.07) is 6.08. The molecule has 1 aromatic heterocycles. The predicted molar refractivity (Wildman–Crippen MR) is 79.5 cm³/mol. The van der Waals surface area contributed by atoms with Gasteiger partial charge >= 0.3 is 0 Å². The normalized spacial score (nSPS) is 10.7. The third-order valence-corrected chi connectivity index (χ3v) is 3.17. The molecule has 0 unspecified atom stereocenters. The molecular formula is C15H21N3O2. The van der Waals surface area contributed by atoms with Crippen LogP contribution in [0.4, 0.5) is 5.69 Å². The summed E-state index contributed by atoms with van der Waals surface area (Å²) in [5.41, 5.74) is 2.04. The van der Waals surface area contributed by atoms with Crippen LogP contribution in [0.15, 0.2) is 30.7 Å². The van der Waals surface area contributed by atoms with Gasteiger partial charge in [0.25, 0.3) is 0 Å². The lowest BCUT2D eigenvalue weighted by atomic mass is 10.2. The predicted octanol–water partition coefficient (Wildman–Crippen LogP) is 3.09. The minimum atomic E-state index is 0.390. The molecule has 0 radical (unpaired) electrons. The van der Waals surface area contributed by atoms with Crippen molar-refractivity contribution < 1.29 is 9.47 Å². The van der Waals surface area contributed by atoms with E-state index in [2.05, 4.69) is 28.7 Å². The van der Waals surface area contributed by atoms with E-state index in [4.69, 9.17) is 9.47 Å². The largest absolute Gasteiger partial charge is 0.497 e. The molecule has 2 aromatic rings. The van der Waals surface area contributed by atoms with Gasteiger partial charge in [-0.05, 0) is 26.0 Å². The molecule has 0 fully saturated rings. The maximum absolute atomic E-state index is 5.35. The summed E-state index contributed by atoms with van der Waals surface area (Å²) in [6.07, 6.45) is 3.73. The molecule has 5 heteroatoms. The average Bonchev–Trinajstić information content (AvgIpc) is 2.93. The van der Waals surface area contributed by atoms with Gasteiger partial charge in [-0.15, -0.1) is 0 Å². The molecule has 108 valence electrons. The molecule has 0 aliphatic carbocycles. The Balaban J connectivity index is 2.15. The van der Waals surface area contributed by atoms with Gasteiger partial charge in [0.1, 0.15) is 11.5 Å². The first-order valence-electron chi connectivity index (χ1n) is 6.62. The van der Waals surface area contributed by atoms with Gasteiger partial charge in [-0.2, -0.15) is 0 Å². The number of rotatable bonds is 6. The zero-order chi connectivity index (χ0) is 14.5. The quantitative estimate of drug-likeness (QED) is 0.880. The van der Waals surface area contributed by atoms with Crippen LogP contribution in [-0.4, -0.2) is 23.8 Å². The number of nitrogens with zero attached hydrogens (tertiary/aromatic N) is 2. The molecule has 0 bridgehead atoms. The van der Waals surface area contributed by atoms with Crippen LogP contribution in [0.2, 0.25) is 0 Å². The van der Waals surface area contributed by atoms with Crippen LogP contribution in [0, 0.1) is 0 Å². The molecule has 0 aliphatic rings. The number of nitrogens with one attached hydrogen (secondary N) is 1. The third-order valence-electron chi connectivity index (χ3n) is 3.17. The molecule has 20 heavy (non-hydrogen) atoms. The molecule has 0 amide bonds. The minimum Gasteiger partial charge on any atom is -0.497 e. The SMILES string of the molecule is COc1ccc(OC)c(NCc2cncn2C(C)C)c1. The van der Waals surface area contributed by atoms with E-state index >= 15 is 0 Å². The summed E-state index contributed by atoms with van der Waals surface area (Å²) in [5, 5.41) is 3.37. The van der Waals surface area contributed by atoms with Crippen molar-refractivity contribution in [2.75, 3.05) is 19.5 Å². The van der Waals surface area contributed by atoms with Crippen LogP contribution >= 0.6 is 0 Å². The van der Waals surface area contributed by atoms with Crippen LogP contribution in [0.25, 0.3) is 0 Å². The zero-order valence-electron chi connectivity index (χ0n) is 12.4. The van der Waals surface area contributed by atoms with E-state index in [1.54, 1.807) is 14.2 Å². The number of aromatic nitrogens is 2. The van der Waals surface area contributed by atoms with E-state index in [-0.39, 0.29) is 0 Å². The van der Waals surface area contributed by atoms with Gasteiger partial charge in [-0.3, -0.25) is 0 Å². The van der Waals surface area contributed by atoms with Crippen molar-refractivity contribution in [3.8, 4) is 11.5 Å². The van der Waals surface area contributed by atoms with Gasteiger partial charge in [0.05, 0.1) is 38.5 Å². The topological polar surface area (TPSA) is 48.3 Å². The van der Waals surface area contributed by atoms with Crippen molar-refractivity contribution in [1.29, 1.82) is 0 Å². The summed E-state index contributed by atoms with van der Waals surface area (Å²) in [5.74, 6) is 1.59. The second-order valence-electron chi connectivity index (χ2n) is 4.81. The number of anilines is 1. The molecule has 0 spiro atoms. The molecule has 1 heterocycles. The lowest BCUT2D eigenvalue weighted by Crippen LogP contribution is -2.09. The Kier molecular flexibility index (Phi) is 4.50. The van der Waals surface area contributed by atoms with E-state index in [1.165, 1.54) is 0 Å². The molecule has 2 rings (SSSR count). The van der Waals surface area contributed by atoms with E-state index < -0.39 is 0 Å². The van der Waals surface area contributed by atoms with Crippen molar-refractivity contribution >= 4 is 5.69 Å². The highest BCUT2D eigenvalue weighted by Gasteiger charge is 2.08.